The maximum atomic E-state index is 12.9. The van der Waals surface area contributed by atoms with Gasteiger partial charge in [0.15, 0.2) is 5.11 Å². The molecule has 35 heavy (non-hydrogen) atoms. The van der Waals surface area contributed by atoms with E-state index in [0.29, 0.717) is 29.1 Å². The summed E-state index contributed by atoms with van der Waals surface area (Å²) in [5.41, 5.74) is 5.20. The third-order valence-electron chi connectivity index (χ3n) is 6.52. The molecule has 1 fully saturated rings. The van der Waals surface area contributed by atoms with Gasteiger partial charge in [0.25, 0.3) is 0 Å². The Morgan fingerprint density at radius 3 is 2.60 bits per heavy atom. The average Bonchev–Trinajstić information content (AvgIpc) is 3.33. The summed E-state index contributed by atoms with van der Waals surface area (Å²) in [5.74, 6) is 0.540. The number of nitrogens with zero attached hydrogens (tertiary/aromatic N) is 3. The number of anilines is 1. The Bertz CT molecular complexity index is 1210. The normalized spacial score (nSPS) is 17.5. The van der Waals surface area contributed by atoms with Gasteiger partial charge in [-0.1, -0.05) is 18.2 Å². The Balaban J connectivity index is 1.61. The lowest BCUT2D eigenvalue weighted by molar-refractivity contribution is -0.116. The Labute approximate surface area is 212 Å². The predicted molar refractivity (Wildman–Crippen MR) is 143 cm³/mol. The summed E-state index contributed by atoms with van der Waals surface area (Å²) in [6.45, 7) is 9.16. The minimum atomic E-state index is -0.109. The number of ether oxygens (including phenoxy) is 1. The van der Waals surface area contributed by atoms with Crippen LogP contribution in [0.3, 0.4) is 0 Å². The van der Waals surface area contributed by atoms with E-state index < -0.39 is 0 Å². The van der Waals surface area contributed by atoms with Crippen LogP contribution in [0.2, 0.25) is 0 Å². The fraction of sp³-hybridized carbons (Fsp3) is 0.370. The van der Waals surface area contributed by atoms with Crippen molar-refractivity contribution < 1.29 is 9.53 Å². The summed E-state index contributed by atoms with van der Waals surface area (Å²) in [5, 5.41) is 7.08. The number of aryl methyl sites for hydroxylation is 1. The molecule has 2 aromatic heterocycles. The molecule has 1 saturated heterocycles. The molecule has 1 aliphatic heterocycles. The molecule has 2 unspecified atom stereocenters. The second kappa shape index (κ2) is 10.5. The first kappa shape index (κ1) is 24.7. The van der Waals surface area contributed by atoms with E-state index in [-0.39, 0.29) is 24.4 Å². The van der Waals surface area contributed by atoms with Crippen molar-refractivity contribution in [2.24, 2.45) is 0 Å². The smallest absolute Gasteiger partial charge is 0.226 e. The van der Waals surface area contributed by atoms with Crippen molar-refractivity contribution in [2.75, 3.05) is 19.0 Å². The van der Waals surface area contributed by atoms with Gasteiger partial charge in [-0.15, -0.1) is 0 Å². The molecule has 3 heterocycles. The zero-order valence-corrected chi connectivity index (χ0v) is 21.7. The van der Waals surface area contributed by atoms with Crippen molar-refractivity contribution >= 4 is 28.9 Å². The topological polar surface area (TPSA) is 71.4 Å². The monoisotopic (exact) mass is 491 g/mol. The van der Waals surface area contributed by atoms with Crippen molar-refractivity contribution in [3.8, 4) is 5.75 Å². The van der Waals surface area contributed by atoms with Crippen molar-refractivity contribution in [3.05, 3.63) is 77.4 Å². The maximum Gasteiger partial charge on any atom is 0.226 e. The van der Waals surface area contributed by atoms with E-state index in [1.54, 1.807) is 13.3 Å². The first-order valence-electron chi connectivity index (χ1n) is 11.9. The Kier molecular flexibility index (Phi) is 7.40. The standard InChI is InChI=1S/C27H33N5O2S/c1-17(2)32-18(3)16-20(19(32)4)26-25(22-11-8-9-14-28-22)30-27(35)31(26)15-13-24(33)29-21-10-6-7-12-23(21)34-5/h6-12,14,16-17,25-26H,13,15H2,1-5H3,(H,29,33)(H,30,35). The third kappa shape index (κ3) is 5.03. The van der Waals surface area contributed by atoms with Gasteiger partial charge in [0.05, 0.1) is 30.6 Å². The van der Waals surface area contributed by atoms with Crippen LogP contribution < -0.4 is 15.4 Å². The molecule has 4 rings (SSSR count). The van der Waals surface area contributed by atoms with Gasteiger partial charge in [-0.05, 0) is 75.8 Å². The van der Waals surface area contributed by atoms with Crippen molar-refractivity contribution in [3.63, 3.8) is 0 Å². The number of thiocarbonyl (C=S) groups is 1. The number of hydrogen-bond acceptors (Lipinski definition) is 4. The van der Waals surface area contributed by atoms with Crippen LogP contribution in [0.15, 0.2) is 54.7 Å². The minimum Gasteiger partial charge on any atom is -0.495 e. The highest BCUT2D eigenvalue weighted by Gasteiger charge is 2.41. The second-order valence-corrected chi connectivity index (χ2v) is 9.50. The van der Waals surface area contributed by atoms with E-state index in [9.17, 15) is 4.79 Å². The molecule has 1 amide bonds. The average molecular weight is 492 g/mol. The lowest BCUT2D eigenvalue weighted by atomic mass is 9.96. The van der Waals surface area contributed by atoms with E-state index in [1.807, 2.05) is 42.5 Å². The zero-order chi connectivity index (χ0) is 25.1. The SMILES string of the molecule is COc1ccccc1NC(=O)CCN1C(=S)NC(c2ccccn2)C1c1cc(C)n(C(C)C)c1C. The Morgan fingerprint density at radius 2 is 1.94 bits per heavy atom. The highest BCUT2D eigenvalue weighted by Crippen LogP contribution is 2.41. The lowest BCUT2D eigenvalue weighted by Crippen LogP contribution is -2.33. The highest BCUT2D eigenvalue weighted by molar-refractivity contribution is 7.80. The largest absolute Gasteiger partial charge is 0.495 e. The van der Waals surface area contributed by atoms with Crippen LogP contribution in [-0.2, 0) is 4.79 Å². The van der Waals surface area contributed by atoms with Crippen LogP contribution in [0.1, 0.15) is 61.0 Å². The number of benzene rings is 1. The van der Waals surface area contributed by atoms with E-state index in [1.165, 1.54) is 17.0 Å². The predicted octanol–water partition coefficient (Wildman–Crippen LogP) is 5.09. The van der Waals surface area contributed by atoms with Gasteiger partial charge in [0.1, 0.15) is 5.75 Å². The molecule has 1 aliphatic rings. The summed E-state index contributed by atoms with van der Waals surface area (Å²) in [6.07, 6.45) is 2.09. The summed E-state index contributed by atoms with van der Waals surface area (Å²) in [7, 11) is 1.59. The van der Waals surface area contributed by atoms with Crippen LogP contribution in [0.5, 0.6) is 5.75 Å². The zero-order valence-electron chi connectivity index (χ0n) is 20.9. The summed E-state index contributed by atoms with van der Waals surface area (Å²) < 4.78 is 7.71. The molecule has 0 saturated carbocycles. The van der Waals surface area contributed by atoms with Crippen LogP contribution in [0, 0.1) is 13.8 Å². The van der Waals surface area contributed by atoms with Gasteiger partial charge in [-0.25, -0.2) is 0 Å². The molecule has 8 heteroatoms. The number of nitrogens with one attached hydrogen (secondary N) is 2. The van der Waals surface area contributed by atoms with Crippen molar-refractivity contribution in [1.82, 2.24) is 19.8 Å². The van der Waals surface area contributed by atoms with E-state index >= 15 is 0 Å². The summed E-state index contributed by atoms with van der Waals surface area (Å²) in [6, 6.07) is 15.7. The van der Waals surface area contributed by atoms with Gasteiger partial charge >= 0.3 is 0 Å². The molecule has 2 N–H and O–H groups in total. The molecule has 0 aliphatic carbocycles. The first-order chi connectivity index (χ1) is 16.8. The fourth-order valence-electron chi connectivity index (χ4n) is 5.06. The lowest BCUT2D eigenvalue weighted by Gasteiger charge is -2.28. The molecule has 2 atom stereocenters. The molecule has 0 radical (unpaired) electrons. The summed E-state index contributed by atoms with van der Waals surface area (Å²) in [4.78, 5) is 19.6. The number of carbonyl (C=O) groups is 1. The van der Waals surface area contributed by atoms with E-state index in [4.69, 9.17) is 17.0 Å². The Hall–Kier alpha value is -3.39. The second-order valence-electron chi connectivity index (χ2n) is 9.11. The molecule has 184 valence electrons. The molecule has 1 aromatic carbocycles. The number of rotatable bonds is 8. The van der Waals surface area contributed by atoms with Crippen LogP contribution in [-0.4, -0.2) is 39.1 Å². The Morgan fingerprint density at radius 1 is 1.20 bits per heavy atom. The van der Waals surface area contributed by atoms with Gasteiger partial charge in [-0.3, -0.25) is 9.78 Å². The summed E-state index contributed by atoms with van der Waals surface area (Å²) >= 11 is 5.78. The van der Waals surface area contributed by atoms with Gasteiger partial charge in [0, 0.05) is 36.6 Å². The maximum absolute atomic E-state index is 12.9. The van der Waals surface area contributed by atoms with E-state index in [2.05, 4.69) is 58.8 Å². The van der Waals surface area contributed by atoms with E-state index in [0.717, 1.165) is 5.69 Å². The van der Waals surface area contributed by atoms with Crippen molar-refractivity contribution in [1.29, 1.82) is 0 Å². The number of amides is 1. The fourth-order valence-corrected chi connectivity index (χ4v) is 5.40. The molecular formula is C27H33N5O2S. The molecule has 7 nitrogen and oxygen atoms in total. The highest BCUT2D eigenvalue weighted by atomic mass is 32.1. The molecule has 0 spiro atoms. The quantitative estimate of drug-likeness (QED) is 0.428. The number of aromatic nitrogens is 2. The van der Waals surface area contributed by atoms with Crippen molar-refractivity contribution in [2.45, 2.75) is 52.2 Å². The first-order valence-corrected chi connectivity index (χ1v) is 12.3. The third-order valence-corrected chi connectivity index (χ3v) is 6.87. The van der Waals surface area contributed by atoms with Gasteiger partial charge in [-0.2, -0.15) is 0 Å². The van der Waals surface area contributed by atoms with Crippen LogP contribution in [0.4, 0.5) is 5.69 Å². The molecular weight excluding hydrogens is 458 g/mol. The number of methoxy groups -OCH3 is 1. The van der Waals surface area contributed by atoms with Gasteiger partial charge < -0.3 is 24.8 Å². The minimum absolute atomic E-state index is 0.0739. The van der Waals surface area contributed by atoms with Gasteiger partial charge in [0.2, 0.25) is 5.91 Å². The number of hydrogen-bond donors (Lipinski definition) is 2. The number of para-hydroxylation sites is 2. The van der Waals surface area contributed by atoms with Crippen LogP contribution in [0.25, 0.3) is 0 Å². The molecule has 0 bridgehead atoms. The molecule has 3 aromatic rings. The van der Waals surface area contributed by atoms with Crippen LogP contribution >= 0.6 is 12.2 Å². The number of pyridine rings is 1. The number of carbonyl (C=O) groups excluding carboxylic acids is 1.